The Hall–Kier alpha value is -2.90. The van der Waals surface area contributed by atoms with Gasteiger partial charge in [-0.3, -0.25) is 19.6 Å². The molecule has 0 aliphatic heterocycles. The zero-order chi connectivity index (χ0) is 17.1. The van der Waals surface area contributed by atoms with Crippen molar-refractivity contribution < 1.29 is 14.5 Å². The molecule has 1 heterocycles. The minimum atomic E-state index is -0.578. The fourth-order valence-corrected chi connectivity index (χ4v) is 2.32. The minimum absolute atomic E-state index is 0.116. The third-order valence-electron chi connectivity index (χ3n) is 3.72. The normalized spacial score (nSPS) is 10.4. The maximum Gasteiger partial charge on any atom is 0.311 e. The smallest absolute Gasteiger partial charge is 0.311 e. The number of nitrogens with zero attached hydrogens (tertiary/aromatic N) is 3. The molecule has 0 saturated carbocycles. The van der Waals surface area contributed by atoms with E-state index in [0.29, 0.717) is 6.54 Å². The topological polar surface area (TPSA) is 99.3 Å². The van der Waals surface area contributed by atoms with E-state index < -0.39 is 10.8 Å². The molecule has 0 aliphatic carbocycles. The molecule has 0 bridgehead atoms. The van der Waals surface area contributed by atoms with Crippen LogP contribution >= 0.6 is 0 Å². The summed E-state index contributed by atoms with van der Waals surface area (Å²) in [5, 5.41) is 18.0. The van der Waals surface area contributed by atoms with E-state index in [1.165, 1.54) is 25.3 Å². The van der Waals surface area contributed by atoms with Crippen molar-refractivity contribution in [3.05, 3.63) is 50.8 Å². The molecular formula is C15H18N4O4. The van der Waals surface area contributed by atoms with Crippen LogP contribution in [0, 0.1) is 24.0 Å². The van der Waals surface area contributed by atoms with Gasteiger partial charge in [-0.2, -0.15) is 5.10 Å². The molecule has 8 heteroatoms. The van der Waals surface area contributed by atoms with E-state index in [1.54, 1.807) is 4.68 Å². The maximum absolute atomic E-state index is 12.2. The average molecular weight is 318 g/mol. The lowest BCUT2D eigenvalue weighted by atomic mass is 10.1. The first-order chi connectivity index (χ1) is 10.8. The summed E-state index contributed by atoms with van der Waals surface area (Å²) in [4.78, 5) is 22.7. The SMILES string of the molecule is COc1ccc(C(=O)NCc2c(C)nn(C)c2C)cc1[N+](=O)[O-]. The van der Waals surface area contributed by atoms with Crippen molar-refractivity contribution in [1.82, 2.24) is 15.1 Å². The molecule has 122 valence electrons. The molecule has 0 saturated heterocycles. The summed E-state index contributed by atoms with van der Waals surface area (Å²) in [5.74, 6) is -0.274. The molecule has 2 rings (SSSR count). The molecule has 1 aromatic carbocycles. The first-order valence-electron chi connectivity index (χ1n) is 6.94. The lowest BCUT2D eigenvalue weighted by Gasteiger charge is -2.07. The Balaban J connectivity index is 2.18. The summed E-state index contributed by atoms with van der Waals surface area (Å²) < 4.78 is 6.67. The lowest BCUT2D eigenvalue weighted by molar-refractivity contribution is -0.385. The van der Waals surface area contributed by atoms with Crippen molar-refractivity contribution in [2.45, 2.75) is 20.4 Å². The van der Waals surface area contributed by atoms with Crippen molar-refractivity contribution in [3.8, 4) is 5.75 Å². The number of benzene rings is 1. The highest BCUT2D eigenvalue weighted by atomic mass is 16.6. The second-order valence-electron chi connectivity index (χ2n) is 5.10. The minimum Gasteiger partial charge on any atom is -0.490 e. The maximum atomic E-state index is 12.2. The first kappa shape index (κ1) is 16.5. The van der Waals surface area contributed by atoms with E-state index in [9.17, 15) is 14.9 Å². The third-order valence-corrected chi connectivity index (χ3v) is 3.72. The van der Waals surface area contributed by atoms with E-state index in [1.807, 2.05) is 20.9 Å². The van der Waals surface area contributed by atoms with E-state index in [0.717, 1.165) is 17.0 Å². The molecule has 1 N–H and O–H groups in total. The van der Waals surface area contributed by atoms with Crippen LogP contribution in [0.4, 0.5) is 5.69 Å². The van der Waals surface area contributed by atoms with Gasteiger partial charge in [0, 0.05) is 36.5 Å². The van der Waals surface area contributed by atoms with Crippen LogP contribution in [0.1, 0.15) is 27.3 Å². The van der Waals surface area contributed by atoms with Gasteiger partial charge in [0.1, 0.15) is 0 Å². The molecule has 1 amide bonds. The number of carbonyl (C=O) groups excluding carboxylic acids is 1. The van der Waals surface area contributed by atoms with Gasteiger partial charge in [0.25, 0.3) is 5.91 Å². The molecule has 0 radical (unpaired) electrons. The summed E-state index contributed by atoms with van der Waals surface area (Å²) in [7, 11) is 3.18. The second-order valence-corrected chi connectivity index (χ2v) is 5.10. The van der Waals surface area contributed by atoms with Crippen molar-refractivity contribution in [2.24, 2.45) is 7.05 Å². The number of hydrogen-bond acceptors (Lipinski definition) is 5. The van der Waals surface area contributed by atoms with Crippen LogP contribution in [-0.2, 0) is 13.6 Å². The van der Waals surface area contributed by atoms with Crippen molar-refractivity contribution in [3.63, 3.8) is 0 Å². The fraction of sp³-hybridized carbons (Fsp3) is 0.333. The standard InChI is InChI=1S/C15H18N4O4/c1-9-12(10(2)18(3)17-9)8-16-15(20)11-5-6-14(23-4)13(7-11)19(21)22/h5-7H,8H2,1-4H3,(H,16,20). The van der Waals surface area contributed by atoms with Gasteiger partial charge in [-0.15, -0.1) is 0 Å². The molecule has 0 unspecified atom stereocenters. The van der Waals surface area contributed by atoms with Crippen molar-refractivity contribution >= 4 is 11.6 Å². The highest BCUT2D eigenvalue weighted by Crippen LogP contribution is 2.27. The van der Waals surface area contributed by atoms with Crippen LogP contribution < -0.4 is 10.1 Å². The molecule has 0 spiro atoms. The number of methoxy groups -OCH3 is 1. The highest BCUT2D eigenvalue weighted by Gasteiger charge is 2.18. The molecule has 2 aromatic rings. The number of amides is 1. The average Bonchev–Trinajstić information content (AvgIpc) is 2.77. The lowest BCUT2D eigenvalue weighted by Crippen LogP contribution is -2.23. The third kappa shape index (κ3) is 3.31. The van der Waals surface area contributed by atoms with E-state index >= 15 is 0 Å². The molecule has 0 fully saturated rings. The van der Waals surface area contributed by atoms with E-state index in [-0.39, 0.29) is 17.0 Å². The van der Waals surface area contributed by atoms with Crippen LogP contribution in [0.15, 0.2) is 18.2 Å². The van der Waals surface area contributed by atoms with Crippen molar-refractivity contribution in [2.75, 3.05) is 7.11 Å². The van der Waals surface area contributed by atoms with Crippen LogP contribution in [0.3, 0.4) is 0 Å². The Labute approximate surface area is 133 Å². The number of nitro benzene ring substituents is 1. The summed E-state index contributed by atoms with van der Waals surface area (Å²) in [6.45, 7) is 4.09. The van der Waals surface area contributed by atoms with Gasteiger partial charge in [0.05, 0.1) is 17.7 Å². The number of carbonyl (C=O) groups is 1. The van der Waals surface area contributed by atoms with Gasteiger partial charge < -0.3 is 10.1 Å². The number of nitrogens with one attached hydrogen (secondary N) is 1. The van der Waals surface area contributed by atoms with Crippen molar-refractivity contribution in [1.29, 1.82) is 0 Å². The van der Waals surface area contributed by atoms with Crippen LogP contribution in [0.25, 0.3) is 0 Å². The molecular weight excluding hydrogens is 300 g/mol. The van der Waals surface area contributed by atoms with E-state index in [4.69, 9.17) is 4.74 Å². The predicted molar refractivity (Wildman–Crippen MR) is 83.5 cm³/mol. The second kappa shape index (κ2) is 6.47. The van der Waals surface area contributed by atoms with Gasteiger partial charge >= 0.3 is 5.69 Å². The quantitative estimate of drug-likeness (QED) is 0.670. The number of ether oxygens (including phenoxy) is 1. The van der Waals surface area contributed by atoms with Gasteiger partial charge in [0.15, 0.2) is 5.75 Å². The number of rotatable bonds is 5. The Morgan fingerprint density at radius 3 is 2.65 bits per heavy atom. The largest absolute Gasteiger partial charge is 0.490 e. The zero-order valence-corrected chi connectivity index (χ0v) is 13.4. The van der Waals surface area contributed by atoms with Crippen LogP contribution in [-0.4, -0.2) is 27.7 Å². The molecule has 1 aromatic heterocycles. The van der Waals surface area contributed by atoms with E-state index in [2.05, 4.69) is 10.4 Å². The number of hydrogen-bond donors (Lipinski definition) is 1. The van der Waals surface area contributed by atoms with Gasteiger partial charge in [0.2, 0.25) is 0 Å². The summed E-state index contributed by atoms with van der Waals surface area (Å²) >= 11 is 0. The molecule has 23 heavy (non-hydrogen) atoms. The highest BCUT2D eigenvalue weighted by molar-refractivity contribution is 5.95. The predicted octanol–water partition coefficient (Wildman–Crippen LogP) is 1.88. The Morgan fingerprint density at radius 2 is 2.13 bits per heavy atom. The number of aryl methyl sites for hydroxylation is 2. The summed E-state index contributed by atoms with van der Waals surface area (Å²) in [6, 6.07) is 4.11. The van der Waals surface area contributed by atoms with Gasteiger partial charge in [-0.1, -0.05) is 0 Å². The van der Waals surface area contributed by atoms with Gasteiger partial charge in [-0.25, -0.2) is 0 Å². The molecule has 0 atom stereocenters. The molecule has 0 aliphatic rings. The number of nitro groups is 1. The summed E-state index contributed by atoms with van der Waals surface area (Å²) in [5.41, 5.74) is 2.70. The van der Waals surface area contributed by atoms with Crippen LogP contribution in [0.2, 0.25) is 0 Å². The Morgan fingerprint density at radius 1 is 1.43 bits per heavy atom. The molecule has 8 nitrogen and oxygen atoms in total. The Bertz CT molecular complexity index is 767. The monoisotopic (exact) mass is 318 g/mol. The summed E-state index contributed by atoms with van der Waals surface area (Å²) in [6.07, 6.45) is 0. The Kier molecular flexibility index (Phi) is 4.63. The van der Waals surface area contributed by atoms with Crippen LogP contribution in [0.5, 0.6) is 5.75 Å². The first-order valence-corrected chi connectivity index (χ1v) is 6.94. The number of aromatic nitrogens is 2. The fourth-order valence-electron chi connectivity index (χ4n) is 2.32. The van der Waals surface area contributed by atoms with Gasteiger partial charge in [-0.05, 0) is 26.0 Å². The zero-order valence-electron chi connectivity index (χ0n) is 13.4.